The summed E-state index contributed by atoms with van der Waals surface area (Å²) in [6.07, 6.45) is 0. The Hall–Kier alpha value is -1.57. The van der Waals surface area contributed by atoms with Gasteiger partial charge in [0.25, 0.3) is 0 Å². The van der Waals surface area contributed by atoms with Crippen molar-refractivity contribution < 1.29 is 22.7 Å². The third kappa shape index (κ3) is 5.29. The molecule has 0 aliphatic carbocycles. The fraction of sp³-hybridized carbons (Fsp3) is 0.364. The van der Waals surface area contributed by atoms with Crippen molar-refractivity contribution in [2.24, 2.45) is 0 Å². The van der Waals surface area contributed by atoms with Crippen LogP contribution in [0.25, 0.3) is 0 Å². The minimum absolute atomic E-state index is 0.108. The van der Waals surface area contributed by atoms with Crippen LogP contribution in [0.1, 0.15) is 10.4 Å². The lowest BCUT2D eigenvalue weighted by atomic mass is 10.1. The second kappa shape index (κ2) is 6.55. The van der Waals surface area contributed by atoms with Crippen LogP contribution in [0.5, 0.6) is 0 Å². The molecule has 0 aliphatic heterocycles. The Kier molecular flexibility index (Phi) is 5.34. The molecule has 1 rings (SSSR count). The molecule has 0 unspecified atom stereocenters. The van der Waals surface area contributed by atoms with Crippen molar-refractivity contribution in [3.05, 3.63) is 23.8 Å². The fourth-order valence-electron chi connectivity index (χ4n) is 1.32. The number of thioether (sulfide) groups is 1. The van der Waals surface area contributed by atoms with Gasteiger partial charge in [-0.15, -0.1) is 0 Å². The maximum atomic E-state index is 11.9. The van der Waals surface area contributed by atoms with Gasteiger partial charge in [-0.3, -0.25) is 0 Å². The van der Waals surface area contributed by atoms with Crippen molar-refractivity contribution in [2.75, 3.05) is 30.5 Å². The van der Waals surface area contributed by atoms with E-state index in [9.17, 15) is 18.0 Å². The van der Waals surface area contributed by atoms with Gasteiger partial charge in [0.15, 0.2) is 0 Å². The lowest BCUT2D eigenvalue weighted by molar-refractivity contribution is -0.0327. The summed E-state index contributed by atoms with van der Waals surface area (Å²) in [5.74, 6) is -0.715. The Bertz CT molecular complexity index is 452. The topological polar surface area (TPSA) is 64.3 Å². The lowest BCUT2D eigenvalue weighted by Crippen LogP contribution is -2.11. The average Bonchev–Trinajstić information content (AvgIpc) is 2.34. The molecule has 0 spiro atoms. The van der Waals surface area contributed by atoms with Gasteiger partial charge in [-0.05, 0) is 30.0 Å². The highest BCUT2D eigenvalue weighted by Crippen LogP contribution is 2.29. The summed E-state index contributed by atoms with van der Waals surface area (Å²) in [4.78, 5) is 11.4. The first-order valence-electron chi connectivity index (χ1n) is 5.26. The van der Waals surface area contributed by atoms with Crippen LogP contribution in [0.15, 0.2) is 18.2 Å². The summed E-state index contributed by atoms with van der Waals surface area (Å²) in [5, 5.41) is 2.78. The normalized spacial score (nSPS) is 11.2. The molecule has 1 aromatic carbocycles. The Morgan fingerprint density at radius 2 is 2.16 bits per heavy atom. The van der Waals surface area contributed by atoms with Crippen LogP contribution < -0.4 is 11.1 Å². The summed E-state index contributed by atoms with van der Waals surface area (Å²) in [5.41, 5.74) is 2.30. The molecule has 19 heavy (non-hydrogen) atoms. The second-order valence-electron chi connectivity index (χ2n) is 3.51. The number of hydrogen-bond donors (Lipinski definition) is 2. The molecule has 0 atom stereocenters. The molecule has 0 fully saturated rings. The standard InChI is InChI=1S/C11H13F3N2O2S/c1-18-10(17)8-6-7(2-3-9(8)15)16-4-5-19-11(12,13)14/h2-3,6,16H,4-5,15H2,1H3. The molecule has 0 saturated carbocycles. The SMILES string of the molecule is COC(=O)c1cc(NCCSC(F)(F)F)ccc1N. The molecule has 4 nitrogen and oxygen atoms in total. The summed E-state index contributed by atoms with van der Waals surface area (Å²) in [6, 6.07) is 4.52. The zero-order valence-corrected chi connectivity index (χ0v) is 10.9. The van der Waals surface area contributed by atoms with E-state index < -0.39 is 11.5 Å². The second-order valence-corrected chi connectivity index (χ2v) is 4.67. The molecule has 0 heterocycles. The lowest BCUT2D eigenvalue weighted by Gasteiger charge is -2.10. The predicted octanol–water partition coefficient (Wildman–Crippen LogP) is 2.72. The molecule has 0 amide bonds. The number of esters is 1. The van der Waals surface area contributed by atoms with Crippen molar-refractivity contribution in [1.82, 2.24) is 0 Å². The average molecular weight is 294 g/mol. The molecule has 0 radical (unpaired) electrons. The maximum absolute atomic E-state index is 11.9. The van der Waals surface area contributed by atoms with Crippen molar-refractivity contribution in [3.8, 4) is 0 Å². The van der Waals surface area contributed by atoms with E-state index in [4.69, 9.17) is 5.73 Å². The highest BCUT2D eigenvalue weighted by atomic mass is 32.2. The smallest absolute Gasteiger partial charge is 0.441 e. The highest BCUT2D eigenvalue weighted by Gasteiger charge is 2.27. The van der Waals surface area contributed by atoms with Gasteiger partial charge in [-0.25, -0.2) is 4.79 Å². The minimum atomic E-state index is -4.24. The van der Waals surface area contributed by atoms with Gasteiger partial charge in [0, 0.05) is 23.7 Å². The summed E-state index contributed by atoms with van der Waals surface area (Å²) in [7, 11) is 1.22. The number of alkyl halides is 3. The summed E-state index contributed by atoms with van der Waals surface area (Å²) < 4.78 is 40.3. The Morgan fingerprint density at radius 1 is 1.47 bits per heavy atom. The van der Waals surface area contributed by atoms with Crippen LogP contribution in [0.4, 0.5) is 24.5 Å². The number of hydrogen-bond acceptors (Lipinski definition) is 5. The van der Waals surface area contributed by atoms with E-state index in [-0.39, 0.29) is 35.3 Å². The van der Waals surface area contributed by atoms with E-state index in [0.717, 1.165) is 0 Å². The zero-order valence-electron chi connectivity index (χ0n) is 10.1. The van der Waals surface area contributed by atoms with Gasteiger partial charge < -0.3 is 15.8 Å². The number of halogens is 3. The summed E-state index contributed by atoms with van der Waals surface area (Å²) >= 11 is -0.108. The highest BCUT2D eigenvalue weighted by molar-refractivity contribution is 8.00. The third-order valence-electron chi connectivity index (χ3n) is 2.16. The molecule has 106 valence electrons. The third-order valence-corrected chi connectivity index (χ3v) is 2.89. The number of nitrogens with two attached hydrogens (primary N) is 1. The molecule has 1 aromatic rings. The first-order chi connectivity index (χ1) is 8.83. The first kappa shape index (κ1) is 15.5. The van der Waals surface area contributed by atoms with Crippen molar-refractivity contribution in [1.29, 1.82) is 0 Å². The van der Waals surface area contributed by atoms with Gasteiger partial charge in [0.2, 0.25) is 0 Å². The van der Waals surface area contributed by atoms with E-state index in [0.29, 0.717) is 5.69 Å². The van der Waals surface area contributed by atoms with Crippen LogP contribution in [-0.2, 0) is 4.74 Å². The molecular formula is C11H13F3N2O2S. The van der Waals surface area contributed by atoms with Gasteiger partial charge in [-0.2, -0.15) is 13.2 Å². The number of carbonyl (C=O) groups is 1. The largest absolute Gasteiger partial charge is 0.465 e. The quantitative estimate of drug-likeness (QED) is 0.496. The Labute approximate surface area is 112 Å². The van der Waals surface area contributed by atoms with Crippen LogP contribution in [0.3, 0.4) is 0 Å². The number of anilines is 2. The molecule has 0 aliphatic rings. The molecule has 3 N–H and O–H groups in total. The van der Waals surface area contributed by atoms with Crippen molar-refractivity contribution in [2.45, 2.75) is 5.51 Å². The van der Waals surface area contributed by atoms with Crippen LogP contribution in [0, 0.1) is 0 Å². The molecule has 0 bridgehead atoms. The number of nitrogens with one attached hydrogen (secondary N) is 1. The van der Waals surface area contributed by atoms with Gasteiger partial charge >= 0.3 is 11.5 Å². The first-order valence-corrected chi connectivity index (χ1v) is 6.24. The number of nitrogen functional groups attached to an aromatic ring is 1. The van der Waals surface area contributed by atoms with E-state index in [2.05, 4.69) is 10.1 Å². The predicted molar refractivity (Wildman–Crippen MR) is 69.2 cm³/mol. The van der Waals surface area contributed by atoms with E-state index in [1.807, 2.05) is 0 Å². The van der Waals surface area contributed by atoms with Crippen molar-refractivity contribution in [3.63, 3.8) is 0 Å². The Balaban J connectivity index is 2.58. The zero-order chi connectivity index (χ0) is 14.5. The molecule has 0 saturated heterocycles. The van der Waals surface area contributed by atoms with Crippen molar-refractivity contribution >= 4 is 29.1 Å². The molecular weight excluding hydrogens is 281 g/mol. The van der Waals surface area contributed by atoms with E-state index in [1.54, 1.807) is 6.07 Å². The monoisotopic (exact) mass is 294 g/mol. The number of rotatable bonds is 5. The van der Waals surface area contributed by atoms with Crippen LogP contribution >= 0.6 is 11.8 Å². The number of methoxy groups -OCH3 is 1. The van der Waals surface area contributed by atoms with Gasteiger partial charge in [0.1, 0.15) is 0 Å². The molecule has 0 aromatic heterocycles. The van der Waals surface area contributed by atoms with Crippen LogP contribution in [0.2, 0.25) is 0 Å². The summed E-state index contributed by atoms with van der Waals surface area (Å²) in [6.45, 7) is 0.120. The van der Waals surface area contributed by atoms with Crippen LogP contribution in [-0.4, -0.2) is 30.9 Å². The number of carbonyl (C=O) groups excluding carboxylic acids is 1. The van der Waals surface area contributed by atoms with E-state index in [1.165, 1.54) is 19.2 Å². The fourth-order valence-corrected chi connectivity index (χ4v) is 1.75. The number of ether oxygens (including phenoxy) is 1. The van der Waals surface area contributed by atoms with E-state index >= 15 is 0 Å². The minimum Gasteiger partial charge on any atom is -0.465 e. The molecule has 8 heteroatoms. The van der Waals surface area contributed by atoms with Gasteiger partial charge in [0.05, 0.1) is 12.7 Å². The Morgan fingerprint density at radius 3 is 2.74 bits per heavy atom. The number of benzene rings is 1. The van der Waals surface area contributed by atoms with Gasteiger partial charge in [-0.1, -0.05) is 0 Å². The maximum Gasteiger partial charge on any atom is 0.441 e.